The summed E-state index contributed by atoms with van der Waals surface area (Å²) in [6.45, 7) is 9.36. The second-order valence-corrected chi connectivity index (χ2v) is 8.21. The van der Waals surface area contributed by atoms with E-state index < -0.39 is 5.97 Å². The van der Waals surface area contributed by atoms with Gasteiger partial charge in [0.1, 0.15) is 0 Å². The fourth-order valence-electron chi connectivity index (χ4n) is 3.16. The van der Waals surface area contributed by atoms with Crippen molar-refractivity contribution in [3.05, 3.63) is 82.2 Å². The standard InChI is InChI=1S/C22H14N2O2Se/c1-13-20(22(25)26)27-21(24-13)15-10-11-18(19(12-15)23-2)17-9-5-7-14-6-3-4-8-16(14)17/h3-12H,1H3,(H,25,26). The van der Waals surface area contributed by atoms with Crippen molar-refractivity contribution in [2.24, 2.45) is 0 Å². The van der Waals surface area contributed by atoms with Crippen molar-refractivity contribution >= 4 is 36.9 Å². The van der Waals surface area contributed by atoms with Gasteiger partial charge in [-0.15, -0.1) is 0 Å². The van der Waals surface area contributed by atoms with Crippen molar-refractivity contribution < 1.29 is 9.90 Å². The summed E-state index contributed by atoms with van der Waals surface area (Å²) in [7, 11) is 0. The van der Waals surface area contributed by atoms with Gasteiger partial charge in [0.2, 0.25) is 0 Å². The first kappa shape index (κ1) is 17.2. The minimum absolute atomic E-state index is 0.351. The molecule has 0 saturated heterocycles. The van der Waals surface area contributed by atoms with Crippen LogP contribution in [-0.2, 0) is 0 Å². The molecule has 0 bridgehead atoms. The molecule has 0 aliphatic carbocycles. The van der Waals surface area contributed by atoms with Crippen LogP contribution in [0.4, 0.5) is 5.69 Å². The molecule has 4 rings (SSSR count). The van der Waals surface area contributed by atoms with Crippen molar-refractivity contribution in [1.82, 2.24) is 4.98 Å². The zero-order valence-electron chi connectivity index (χ0n) is 14.4. The second kappa shape index (κ2) is 6.85. The Hall–Kier alpha value is -3.19. The average molecular weight is 417 g/mol. The number of hydrogen-bond acceptors (Lipinski definition) is 2. The van der Waals surface area contributed by atoms with Crippen LogP contribution in [0.5, 0.6) is 0 Å². The van der Waals surface area contributed by atoms with Gasteiger partial charge in [-0.2, -0.15) is 0 Å². The number of nitrogens with zero attached hydrogens (tertiary/aromatic N) is 2. The minimum atomic E-state index is -0.913. The zero-order valence-corrected chi connectivity index (χ0v) is 16.1. The van der Waals surface area contributed by atoms with E-state index in [-0.39, 0.29) is 14.5 Å². The number of benzene rings is 3. The molecule has 4 aromatic rings. The Morgan fingerprint density at radius 1 is 1.07 bits per heavy atom. The van der Waals surface area contributed by atoms with E-state index in [9.17, 15) is 9.90 Å². The molecule has 0 radical (unpaired) electrons. The van der Waals surface area contributed by atoms with Gasteiger partial charge in [0.05, 0.1) is 0 Å². The summed E-state index contributed by atoms with van der Waals surface area (Å²) in [5.41, 5.74) is 3.81. The van der Waals surface area contributed by atoms with Gasteiger partial charge in [0.15, 0.2) is 0 Å². The maximum absolute atomic E-state index is 11.3. The Morgan fingerprint density at radius 2 is 1.85 bits per heavy atom. The Morgan fingerprint density at radius 3 is 2.59 bits per heavy atom. The van der Waals surface area contributed by atoms with E-state index in [0.717, 1.165) is 32.0 Å². The molecule has 1 heterocycles. The Bertz CT molecular complexity index is 1230. The predicted molar refractivity (Wildman–Crippen MR) is 108 cm³/mol. The van der Waals surface area contributed by atoms with Gasteiger partial charge < -0.3 is 0 Å². The van der Waals surface area contributed by atoms with Gasteiger partial charge in [-0.25, -0.2) is 0 Å². The molecule has 3 aromatic carbocycles. The Labute approximate surface area is 162 Å². The molecular weight excluding hydrogens is 403 g/mol. The summed E-state index contributed by atoms with van der Waals surface area (Å²) in [6.07, 6.45) is 0. The molecule has 27 heavy (non-hydrogen) atoms. The van der Waals surface area contributed by atoms with Gasteiger partial charge in [0.25, 0.3) is 0 Å². The number of hydrogen-bond donors (Lipinski definition) is 1. The molecule has 0 saturated carbocycles. The summed E-state index contributed by atoms with van der Waals surface area (Å²) >= 11 is -0.351. The molecule has 0 aliphatic heterocycles. The van der Waals surface area contributed by atoms with Crippen LogP contribution in [0.15, 0.2) is 60.7 Å². The van der Waals surface area contributed by atoms with Crippen LogP contribution < -0.4 is 0 Å². The fraction of sp³-hybridized carbons (Fsp3) is 0.0455. The molecule has 0 fully saturated rings. The van der Waals surface area contributed by atoms with E-state index in [1.807, 2.05) is 42.5 Å². The topological polar surface area (TPSA) is 54.5 Å². The van der Waals surface area contributed by atoms with E-state index >= 15 is 0 Å². The van der Waals surface area contributed by atoms with Crippen LogP contribution in [-0.4, -0.2) is 30.6 Å². The van der Waals surface area contributed by atoms with Crippen molar-refractivity contribution in [2.45, 2.75) is 6.92 Å². The van der Waals surface area contributed by atoms with E-state index in [2.05, 4.69) is 28.0 Å². The molecule has 1 N–H and O–H groups in total. The van der Waals surface area contributed by atoms with Crippen LogP contribution in [0.2, 0.25) is 0 Å². The zero-order chi connectivity index (χ0) is 19.0. The van der Waals surface area contributed by atoms with Crippen molar-refractivity contribution in [2.75, 3.05) is 0 Å². The molecule has 0 amide bonds. The van der Waals surface area contributed by atoms with Gasteiger partial charge in [-0.05, 0) is 0 Å². The molecule has 0 unspecified atom stereocenters. The fourth-order valence-corrected chi connectivity index (χ4v) is 5.05. The number of carbonyl (C=O) groups is 1. The van der Waals surface area contributed by atoms with Crippen LogP contribution >= 0.6 is 0 Å². The number of carboxylic acid groups (broad SMARTS) is 1. The molecule has 0 aliphatic rings. The number of aryl methyl sites for hydroxylation is 1. The number of aromatic carboxylic acids is 1. The molecule has 0 atom stereocenters. The molecular formula is C22H14N2O2Se. The van der Waals surface area contributed by atoms with Crippen LogP contribution in [0, 0.1) is 13.5 Å². The molecule has 4 nitrogen and oxygen atoms in total. The van der Waals surface area contributed by atoms with Crippen molar-refractivity contribution in [1.29, 1.82) is 0 Å². The predicted octanol–water partition coefficient (Wildman–Crippen LogP) is 5.18. The molecule has 1 aromatic heterocycles. The van der Waals surface area contributed by atoms with Crippen LogP contribution in [0.1, 0.15) is 14.9 Å². The average Bonchev–Trinajstić information content (AvgIpc) is 3.09. The summed E-state index contributed by atoms with van der Waals surface area (Å²) < 4.78 is 1.13. The number of rotatable bonds is 3. The van der Waals surface area contributed by atoms with Gasteiger partial charge in [-0.1, -0.05) is 0 Å². The van der Waals surface area contributed by atoms with Gasteiger partial charge in [-0.3, -0.25) is 0 Å². The van der Waals surface area contributed by atoms with Crippen LogP contribution in [0.3, 0.4) is 0 Å². The van der Waals surface area contributed by atoms with Gasteiger partial charge in [0, 0.05) is 0 Å². The molecule has 130 valence electrons. The monoisotopic (exact) mass is 418 g/mol. The summed E-state index contributed by atoms with van der Waals surface area (Å²) in [5, 5.41) is 11.5. The van der Waals surface area contributed by atoms with E-state index in [0.29, 0.717) is 15.8 Å². The number of fused-ring (bicyclic) bond motifs is 1. The van der Waals surface area contributed by atoms with Crippen molar-refractivity contribution in [3.8, 4) is 21.3 Å². The van der Waals surface area contributed by atoms with Crippen LogP contribution in [0.25, 0.3) is 36.9 Å². The number of aromatic nitrogens is 1. The normalized spacial score (nSPS) is 10.7. The third-order valence-electron chi connectivity index (χ3n) is 4.44. The van der Waals surface area contributed by atoms with E-state index in [1.165, 1.54) is 0 Å². The summed E-state index contributed by atoms with van der Waals surface area (Å²) in [4.78, 5) is 19.5. The Balaban J connectivity index is 1.87. The summed E-state index contributed by atoms with van der Waals surface area (Å²) in [6, 6.07) is 19.9. The number of carboxylic acids is 1. The van der Waals surface area contributed by atoms with E-state index in [4.69, 9.17) is 6.57 Å². The first-order valence-corrected chi connectivity index (χ1v) is 10.0. The third kappa shape index (κ3) is 3.06. The van der Waals surface area contributed by atoms with Gasteiger partial charge >= 0.3 is 162 Å². The first-order valence-electron chi connectivity index (χ1n) is 8.29. The third-order valence-corrected chi connectivity index (χ3v) is 6.94. The van der Waals surface area contributed by atoms with Crippen molar-refractivity contribution in [3.63, 3.8) is 0 Å². The van der Waals surface area contributed by atoms with E-state index in [1.54, 1.807) is 6.92 Å². The summed E-state index contributed by atoms with van der Waals surface area (Å²) in [5.74, 6) is -0.913. The molecule has 0 spiro atoms. The SMILES string of the molecule is [C-]#[N+]c1cc(-c2nc(C)c(C(=O)O)[se]2)ccc1-c1cccc2ccccc12. The second-order valence-electron chi connectivity index (χ2n) is 6.11. The quantitative estimate of drug-likeness (QED) is 0.369. The first-order chi connectivity index (χ1) is 13.1. The molecule has 5 heteroatoms. The maximum atomic E-state index is 11.3. The Kier molecular flexibility index (Phi) is 4.37.